The van der Waals surface area contributed by atoms with Crippen molar-refractivity contribution in [3.63, 3.8) is 0 Å². The molecule has 7 nitrogen and oxygen atoms in total. The van der Waals surface area contributed by atoms with Crippen LogP contribution in [0.15, 0.2) is 24.3 Å². The van der Waals surface area contributed by atoms with Crippen molar-refractivity contribution in [1.82, 2.24) is 20.4 Å². The normalized spacial score (nSPS) is 23.1. The van der Waals surface area contributed by atoms with Crippen molar-refractivity contribution in [2.75, 3.05) is 27.2 Å². The molecular formula is C21H30N4O3. The fourth-order valence-corrected chi connectivity index (χ4v) is 3.78. The van der Waals surface area contributed by atoms with Gasteiger partial charge in [-0.1, -0.05) is 31.2 Å². The molecule has 0 spiro atoms. The molecule has 2 aliphatic rings. The van der Waals surface area contributed by atoms with E-state index in [-0.39, 0.29) is 30.3 Å². The third kappa shape index (κ3) is 4.04. The molecule has 1 aromatic rings. The minimum absolute atomic E-state index is 0.00897. The van der Waals surface area contributed by atoms with Crippen LogP contribution in [0, 0.1) is 5.92 Å². The molecule has 4 amide bonds. The number of amides is 4. The van der Waals surface area contributed by atoms with Crippen molar-refractivity contribution in [2.24, 2.45) is 5.92 Å². The lowest BCUT2D eigenvalue weighted by molar-refractivity contribution is -0.135. The molecule has 2 N–H and O–H groups in total. The smallest absolute Gasteiger partial charge is 0.325 e. The van der Waals surface area contributed by atoms with Crippen LogP contribution in [0.4, 0.5) is 4.79 Å². The number of nitrogens with zero attached hydrogens (tertiary/aromatic N) is 2. The van der Waals surface area contributed by atoms with Gasteiger partial charge in [-0.3, -0.25) is 14.5 Å². The minimum Gasteiger partial charge on any atom is -0.353 e. The zero-order valence-corrected chi connectivity index (χ0v) is 17.1. The van der Waals surface area contributed by atoms with Gasteiger partial charge in [0, 0.05) is 6.54 Å². The lowest BCUT2D eigenvalue weighted by atomic mass is 9.96. The lowest BCUT2D eigenvalue weighted by Crippen LogP contribution is -2.47. The summed E-state index contributed by atoms with van der Waals surface area (Å²) in [6.45, 7) is 4.02. The molecule has 2 fully saturated rings. The van der Waals surface area contributed by atoms with Gasteiger partial charge in [0.15, 0.2) is 0 Å². The van der Waals surface area contributed by atoms with E-state index < -0.39 is 11.6 Å². The first-order valence-electron chi connectivity index (χ1n) is 9.92. The second kappa shape index (κ2) is 7.91. The Hall–Kier alpha value is -2.41. The zero-order valence-electron chi connectivity index (χ0n) is 17.1. The first-order valence-corrected chi connectivity index (χ1v) is 9.92. The van der Waals surface area contributed by atoms with Crippen LogP contribution in [-0.2, 0) is 16.0 Å². The number of aryl methyl sites for hydroxylation is 1. The van der Waals surface area contributed by atoms with Crippen LogP contribution in [0.3, 0.4) is 0 Å². The Morgan fingerprint density at radius 2 is 1.93 bits per heavy atom. The van der Waals surface area contributed by atoms with E-state index in [2.05, 4.69) is 41.8 Å². The molecular weight excluding hydrogens is 356 g/mol. The lowest BCUT2D eigenvalue weighted by Gasteiger charge is -2.26. The fourth-order valence-electron chi connectivity index (χ4n) is 3.78. The van der Waals surface area contributed by atoms with E-state index in [1.54, 1.807) is 6.92 Å². The molecule has 28 heavy (non-hydrogen) atoms. The summed E-state index contributed by atoms with van der Waals surface area (Å²) in [5.41, 5.74) is 1.52. The van der Waals surface area contributed by atoms with Gasteiger partial charge in [0.2, 0.25) is 5.91 Å². The summed E-state index contributed by atoms with van der Waals surface area (Å²) in [6, 6.07) is 7.88. The third-order valence-electron chi connectivity index (χ3n) is 5.89. The molecule has 1 aliphatic heterocycles. The van der Waals surface area contributed by atoms with E-state index in [1.807, 2.05) is 19.0 Å². The van der Waals surface area contributed by atoms with Gasteiger partial charge >= 0.3 is 6.03 Å². The number of nitrogens with one attached hydrogen (secondary N) is 2. The van der Waals surface area contributed by atoms with Crippen molar-refractivity contribution in [1.29, 1.82) is 0 Å². The van der Waals surface area contributed by atoms with Gasteiger partial charge in [-0.05, 0) is 57.3 Å². The van der Waals surface area contributed by atoms with Gasteiger partial charge in [0.1, 0.15) is 12.1 Å². The molecule has 1 saturated heterocycles. The first-order chi connectivity index (χ1) is 13.3. The summed E-state index contributed by atoms with van der Waals surface area (Å²) in [4.78, 5) is 40.4. The van der Waals surface area contributed by atoms with Crippen LogP contribution in [0.25, 0.3) is 0 Å². The van der Waals surface area contributed by atoms with Gasteiger partial charge < -0.3 is 15.5 Å². The van der Waals surface area contributed by atoms with Crippen LogP contribution in [0.2, 0.25) is 0 Å². The number of rotatable bonds is 8. The monoisotopic (exact) mass is 386 g/mol. The number of hydrogen-bond donors (Lipinski definition) is 2. The number of likely N-dealkylation sites (N-methyl/N-ethyl adjacent to an activating group) is 1. The van der Waals surface area contributed by atoms with E-state index in [0.717, 1.165) is 29.7 Å². The Kier molecular flexibility index (Phi) is 5.74. The standard InChI is InChI=1S/C21H30N4O3/c1-5-14-6-8-15(9-7-14)17(24(3)4)12-22-18(26)13-25-19(27)21(2,16-10-11-16)23-20(25)28/h6-9,16-17H,5,10-13H2,1-4H3,(H,22,26)(H,23,28). The maximum Gasteiger partial charge on any atom is 0.325 e. The van der Waals surface area contributed by atoms with E-state index in [4.69, 9.17) is 0 Å². The maximum absolute atomic E-state index is 12.6. The molecule has 1 saturated carbocycles. The van der Waals surface area contributed by atoms with E-state index >= 15 is 0 Å². The molecule has 2 atom stereocenters. The maximum atomic E-state index is 12.6. The van der Waals surface area contributed by atoms with Crippen LogP contribution >= 0.6 is 0 Å². The van der Waals surface area contributed by atoms with Crippen molar-refractivity contribution in [3.05, 3.63) is 35.4 Å². The summed E-state index contributed by atoms with van der Waals surface area (Å²) >= 11 is 0. The van der Waals surface area contributed by atoms with Crippen molar-refractivity contribution >= 4 is 17.8 Å². The average Bonchev–Trinajstić information content (AvgIpc) is 3.48. The van der Waals surface area contributed by atoms with E-state index in [0.29, 0.717) is 6.54 Å². The van der Waals surface area contributed by atoms with Crippen molar-refractivity contribution in [2.45, 2.75) is 44.7 Å². The number of urea groups is 1. The molecule has 1 aliphatic carbocycles. The average molecular weight is 386 g/mol. The third-order valence-corrected chi connectivity index (χ3v) is 5.89. The largest absolute Gasteiger partial charge is 0.353 e. The van der Waals surface area contributed by atoms with Crippen LogP contribution < -0.4 is 10.6 Å². The zero-order chi connectivity index (χ0) is 20.5. The van der Waals surface area contributed by atoms with Gasteiger partial charge in [0.25, 0.3) is 5.91 Å². The Morgan fingerprint density at radius 3 is 2.46 bits per heavy atom. The van der Waals surface area contributed by atoms with Gasteiger partial charge in [-0.2, -0.15) is 0 Å². The summed E-state index contributed by atoms with van der Waals surface area (Å²) in [5.74, 6) is -0.448. The van der Waals surface area contributed by atoms with E-state index in [1.165, 1.54) is 5.56 Å². The molecule has 7 heteroatoms. The number of carbonyl (C=O) groups excluding carboxylic acids is 3. The summed E-state index contributed by atoms with van der Waals surface area (Å²) < 4.78 is 0. The number of imide groups is 1. The topological polar surface area (TPSA) is 81.8 Å². The quantitative estimate of drug-likeness (QED) is 0.666. The summed E-state index contributed by atoms with van der Waals surface area (Å²) in [6.07, 6.45) is 2.85. The Morgan fingerprint density at radius 1 is 1.29 bits per heavy atom. The molecule has 3 rings (SSSR count). The van der Waals surface area contributed by atoms with Gasteiger partial charge in [-0.15, -0.1) is 0 Å². The second-order valence-corrected chi connectivity index (χ2v) is 8.18. The Balaban J connectivity index is 1.59. The fraction of sp³-hybridized carbons (Fsp3) is 0.571. The number of hydrogen-bond acceptors (Lipinski definition) is 4. The Bertz CT molecular complexity index is 757. The number of carbonyl (C=O) groups is 3. The SMILES string of the molecule is CCc1ccc(C(CNC(=O)CN2C(=O)NC(C)(C3CC3)C2=O)N(C)C)cc1. The van der Waals surface area contributed by atoms with Crippen LogP contribution in [0.1, 0.15) is 43.9 Å². The molecule has 1 heterocycles. The second-order valence-electron chi connectivity index (χ2n) is 8.18. The first kappa shape index (κ1) is 20.3. The highest BCUT2D eigenvalue weighted by Gasteiger charge is 2.56. The highest BCUT2D eigenvalue weighted by molar-refractivity contribution is 6.09. The highest BCUT2D eigenvalue weighted by atomic mass is 16.2. The highest BCUT2D eigenvalue weighted by Crippen LogP contribution is 2.42. The molecule has 1 aromatic carbocycles. The summed E-state index contributed by atoms with van der Waals surface area (Å²) in [5, 5.41) is 5.64. The van der Waals surface area contributed by atoms with E-state index in [9.17, 15) is 14.4 Å². The Labute approximate surface area is 166 Å². The van der Waals surface area contributed by atoms with Gasteiger partial charge in [0.05, 0.1) is 6.04 Å². The number of benzene rings is 1. The van der Waals surface area contributed by atoms with Crippen molar-refractivity contribution in [3.8, 4) is 0 Å². The van der Waals surface area contributed by atoms with Crippen LogP contribution in [0.5, 0.6) is 0 Å². The molecule has 0 radical (unpaired) electrons. The molecule has 0 aromatic heterocycles. The summed E-state index contributed by atoms with van der Waals surface area (Å²) in [7, 11) is 3.92. The predicted molar refractivity (Wildman–Crippen MR) is 107 cm³/mol. The van der Waals surface area contributed by atoms with Crippen molar-refractivity contribution < 1.29 is 14.4 Å². The molecule has 0 bridgehead atoms. The minimum atomic E-state index is -0.857. The molecule has 152 valence electrons. The van der Waals surface area contributed by atoms with Gasteiger partial charge in [-0.25, -0.2) is 4.79 Å². The molecule has 2 unspecified atom stereocenters. The van der Waals surface area contributed by atoms with Crippen LogP contribution in [-0.4, -0.2) is 60.4 Å². The predicted octanol–water partition coefficient (Wildman–Crippen LogP) is 1.69.